The summed E-state index contributed by atoms with van der Waals surface area (Å²) in [5, 5.41) is 2.83. The normalized spacial score (nSPS) is 15.3. The summed E-state index contributed by atoms with van der Waals surface area (Å²) in [5.41, 5.74) is 1.09. The van der Waals surface area contributed by atoms with E-state index in [1.165, 1.54) is 10.4 Å². The van der Waals surface area contributed by atoms with Crippen LogP contribution in [0.5, 0.6) is 5.75 Å². The summed E-state index contributed by atoms with van der Waals surface area (Å²) >= 11 is 0. The molecule has 6 nitrogen and oxygen atoms in total. The molecule has 156 valence electrons. The molecule has 1 aliphatic heterocycles. The van der Waals surface area contributed by atoms with Crippen LogP contribution in [0.25, 0.3) is 0 Å². The lowest BCUT2D eigenvalue weighted by atomic mass is 10.2. The Kier molecular flexibility index (Phi) is 6.92. The lowest BCUT2D eigenvalue weighted by Gasteiger charge is -2.26. The molecule has 0 unspecified atom stereocenters. The van der Waals surface area contributed by atoms with Crippen molar-refractivity contribution in [2.24, 2.45) is 0 Å². The zero-order valence-corrected chi connectivity index (χ0v) is 17.7. The van der Waals surface area contributed by atoms with Crippen LogP contribution in [0.3, 0.4) is 0 Å². The Bertz CT molecular complexity index is 934. The molecule has 1 saturated heterocycles. The summed E-state index contributed by atoms with van der Waals surface area (Å²) in [6.07, 6.45) is 2.84. The van der Waals surface area contributed by atoms with Gasteiger partial charge in [-0.25, -0.2) is 8.42 Å². The molecule has 2 aromatic carbocycles. The number of benzene rings is 2. The number of sulfonamides is 1. The first-order valence-corrected chi connectivity index (χ1v) is 11.4. The molecule has 0 saturated carbocycles. The molecule has 3 rings (SSSR count). The molecule has 0 radical (unpaired) electrons. The first kappa shape index (κ1) is 21.3. The van der Waals surface area contributed by atoms with Crippen molar-refractivity contribution < 1.29 is 17.9 Å². The smallest absolute Gasteiger partial charge is 0.252 e. The van der Waals surface area contributed by atoms with Gasteiger partial charge in [0.05, 0.1) is 16.6 Å². The second kappa shape index (κ2) is 9.41. The van der Waals surface area contributed by atoms with Crippen molar-refractivity contribution in [2.75, 3.05) is 13.1 Å². The van der Waals surface area contributed by atoms with Crippen LogP contribution in [0.15, 0.2) is 53.4 Å². The summed E-state index contributed by atoms with van der Waals surface area (Å²) in [6.45, 7) is 5.23. The van der Waals surface area contributed by atoms with E-state index in [-0.39, 0.29) is 16.6 Å². The van der Waals surface area contributed by atoms with Crippen molar-refractivity contribution in [1.29, 1.82) is 0 Å². The van der Waals surface area contributed by atoms with E-state index >= 15 is 0 Å². The Morgan fingerprint density at radius 3 is 2.34 bits per heavy atom. The largest absolute Gasteiger partial charge is 0.491 e. The third kappa shape index (κ3) is 5.36. The Morgan fingerprint density at radius 1 is 1.03 bits per heavy atom. The van der Waals surface area contributed by atoms with E-state index in [1.807, 2.05) is 38.1 Å². The average molecular weight is 417 g/mol. The molecule has 0 aromatic heterocycles. The maximum Gasteiger partial charge on any atom is 0.252 e. The molecule has 1 N–H and O–H groups in total. The number of carbonyl (C=O) groups excluding carboxylic acids is 1. The second-order valence-electron chi connectivity index (χ2n) is 7.45. The minimum absolute atomic E-state index is 0.0695. The maximum absolute atomic E-state index is 13.0. The zero-order chi connectivity index (χ0) is 20.9. The SMILES string of the molecule is CC(C)Oc1ccc(CNC(=O)c2ccccc2S(=O)(=O)N2CCCCC2)cc1. The predicted octanol–water partition coefficient (Wildman–Crippen LogP) is 3.58. The second-order valence-corrected chi connectivity index (χ2v) is 9.36. The van der Waals surface area contributed by atoms with E-state index in [9.17, 15) is 13.2 Å². The summed E-state index contributed by atoms with van der Waals surface area (Å²) < 4.78 is 33.2. The van der Waals surface area contributed by atoms with Crippen molar-refractivity contribution in [3.63, 3.8) is 0 Å². The van der Waals surface area contributed by atoms with Crippen LogP contribution < -0.4 is 10.1 Å². The summed E-state index contributed by atoms with van der Waals surface area (Å²) in [5.74, 6) is 0.372. The Labute approximate surface area is 172 Å². The molecule has 0 bridgehead atoms. The van der Waals surface area contributed by atoms with Crippen LogP contribution in [0.2, 0.25) is 0 Å². The predicted molar refractivity (Wildman–Crippen MR) is 112 cm³/mol. The Morgan fingerprint density at radius 2 is 1.69 bits per heavy atom. The highest BCUT2D eigenvalue weighted by Crippen LogP contribution is 2.23. The van der Waals surface area contributed by atoms with Gasteiger partial charge in [-0.3, -0.25) is 4.79 Å². The average Bonchev–Trinajstić information content (AvgIpc) is 2.73. The van der Waals surface area contributed by atoms with Gasteiger partial charge in [0.1, 0.15) is 5.75 Å². The molecule has 0 aliphatic carbocycles. The van der Waals surface area contributed by atoms with Gasteiger partial charge < -0.3 is 10.1 Å². The number of rotatable bonds is 7. The lowest BCUT2D eigenvalue weighted by Crippen LogP contribution is -2.37. The van der Waals surface area contributed by atoms with Crippen molar-refractivity contribution in [3.8, 4) is 5.75 Å². The van der Waals surface area contributed by atoms with E-state index in [1.54, 1.807) is 18.2 Å². The van der Waals surface area contributed by atoms with Gasteiger partial charge in [-0.15, -0.1) is 0 Å². The molecule has 1 fully saturated rings. The van der Waals surface area contributed by atoms with E-state index in [4.69, 9.17) is 4.74 Å². The fourth-order valence-electron chi connectivity index (χ4n) is 3.36. The van der Waals surface area contributed by atoms with Gasteiger partial charge in [0.2, 0.25) is 10.0 Å². The van der Waals surface area contributed by atoms with E-state index in [0.717, 1.165) is 30.6 Å². The minimum atomic E-state index is -3.68. The number of piperidine rings is 1. The Hall–Kier alpha value is -2.38. The first-order valence-electron chi connectivity index (χ1n) is 10.0. The van der Waals surface area contributed by atoms with Crippen molar-refractivity contribution >= 4 is 15.9 Å². The number of hydrogen-bond donors (Lipinski definition) is 1. The van der Waals surface area contributed by atoms with E-state index in [2.05, 4.69) is 5.32 Å². The van der Waals surface area contributed by atoms with Crippen LogP contribution in [0.4, 0.5) is 0 Å². The van der Waals surface area contributed by atoms with E-state index < -0.39 is 15.9 Å². The molecule has 0 atom stereocenters. The number of carbonyl (C=O) groups is 1. The molecule has 0 spiro atoms. The van der Waals surface area contributed by atoms with Crippen molar-refractivity contribution in [2.45, 2.75) is 50.7 Å². The van der Waals surface area contributed by atoms with Crippen molar-refractivity contribution in [1.82, 2.24) is 9.62 Å². The number of ether oxygens (including phenoxy) is 1. The van der Waals surface area contributed by atoms with Crippen molar-refractivity contribution in [3.05, 3.63) is 59.7 Å². The van der Waals surface area contributed by atoms with Gasteiger partial charge in [-0.1, -0.05) is 30.7 Å². The molecule has 29 heavy (non-hydrogen) atoms. The number of nitrogens with zero attached hydrogens (tertiary/aromatic N) is 1. The molecule has 1 amide bonds. The fraction of sp³-hybridized carbons (Fsp3) is 0.409. The van der Waals surface area contributed by atoms with Gasteiger partial charge in [0.15, 0.2) is 0 Å². The van der Waals surface area contributed by atoms with E-state index in [0.29, 0.717) is 19.6 Å². The van der Waals surface area contributed by atoms with Gasteiger partial charge in [-0.05, 0) is 56.5 Å². The monoisotopic (exact) mass is 416 g/mol. The van der Waals surface area contributed by atoms with Crippen LogP contribution in [0.1, 0.15) is 49.0 Å². The molecular weight excluding hydrogens is 388 g/mol. The Balaban J connectivity index is 1.71. The number of amides is 1. The fourth-order valence-corrected chi connectivity index (χ4v) is 5.07. The molecule has 7 heteroatoms. The lowest BCUT2D eigenvalue weighted by molar-refractivity contribution is 0.0947. The highest BCUT2D eigenvalue weighted by molar-refractivity contribution is 7.89. The minimum Gasteiger partial charge on any atom is -0.491 e. The van der Waals surface area contributed by atoms with Crippen LogP contribution in [-0.4, -0.2) is 37.8 Å². The third-order valence-electron chi connectivity index (χ3n) is 4.81. The quantitative estimate of drug-likeness (QED) is 0.749. The zero-order valence-electron chi connectivity index (χ0n) is 16.9. The highest BCUT2D eigenvalue weighted by Gasteiger charge is 2.29. The summed E-state index contributed by atoms with van der Waals surface area (Å²) in [4.78, 5) is 12.8. The topological polar surface area (TPSA) is 75.7 Å². The van der Waals surface area contributed by atoms with Gasteiger partial charge in [0.25, 0.3) is 5.91 Å². The highest BCUT2D eigenvalue weighted by atomic mass is 32.2. The van der Waals surface area contributed by atoms with Crippen LogP contribution >= 0.6 is 0 Å². The molecule has 1 aliphatic rings. The van der Waals surface area contributed by atoms with Gasteiger partial charge in [-0.2, -0.15) is 4.31 Å². The van der Waals surface area contributed by atoms with Gasteiger partial charge >= 0.3 is 0 Å². The molecule has 2 aromatic rings. The van der Waals surface area contributed by atoms with Crippen LogP contribution in [-0.2, 0) is 16.6 Å². The third-order valence-corrected chi connectivity index (χ3v) is 6.77. The summed E-state index contributed by atoms with van der Waals surface area (Å²) in [6, 6.07) is 13.9. The first-order chi connectivity index (χ1) is 13.9. The van der Waals surface area contributed by atoms with Gasteiger partial charge in [0, 0.05) is 19.6 Å². The number of hydrogen-bond acceptors (Lipinski definition) is 4. The molecular formula is C22H28N2O4S. The summed E-state index contributed by atoms with van der Waals surface area (Å²) in [7, 11) is -3.68. The molecule has 1 heterocycles. The number of nitrogens with one attached hydrogen (secondary N) is 1. The maximum atomic E-state index is 13.0. The van der Waals surface area contributed by atoms with Crippen LogP contribution in [0, 0.1) is 0 Å². The standard InChI is InChI=1S/C22H28N2O4S/c1-17(2)28-19-12-10-18(11-13-19)16-23-22(25)20-8-4-5-9-21(20)29(26,27)24-14-6-3-7-15-24/h4-5,8-13,17H,3,6-7,14-16H2,1-2H3,(H,23,25).